The van der Waals surface area contributed by atoms with Crippen LogP contribution in [0.5, 0.6) is 17.2 Å². The molecule has 5 nitrogen and oxygen atoms in total. The molecule has 2 aromatic rings. The van der Waals surface area contributed by atoms with Crippen molar-refractivity contribution in [3.05, 3.63) is 53.8 Å². The normalized spacial score (nSPS) is 12.0. The summed E-state index contributed by atoms with van der Waals surface area (Å²) >= 11 is 0. The lowest BCUT2D eigenvalue weighted by Crippen LogP contribution is -2.24. The second kappa shape index (κ2) is 7.00. The minimum Gasteiger partial charge on any atom is -0.490 e. The lowest BCUT2D eigenvalue weighted by Gasteiger charge is -2.08. The molecule has 6 heteroatoms. The van der Waals surface area contributed by atoms with E-state index in [0.29, 0.717) is 18.0 Å². The maximum atomic E-state index is 13.3. The summed E-state index contributed by atoms with van der Waals surface area (Å²) in [7, 11) is 0. The number of amides is 1. The van der Waals surface area contributed by atoms with Gasteiger partial charge in [-0.05, 0) is 29.8 Å². The standard InChI is InChI=1S/C17H16FNO4/c18-13-3-1-2-4-14(13)21-8-7-17(20)19-10-12-5-6-15-16(9-12)23-11-22-15/h1-6,9H,7-8,10-11H2,(H,19,20). The zero-order valence-corrected chi connectivity index (χ0v) is 12.4. The summed E-state index contributed by atoms with van der Waals surface area (Å²) in [4.78, 5) is 11.8. The number of carbonyl (C=O) groups is 1. The van der Waals surface area contributed by atoms with Gasteiger partial charge >= 0.3 is 0 Å². The maximum Gasteiger partial charge on any atom is 0.231 e. The smallest absolute Gasteiger partial charge is 0.231 e. The highest BCUT2D eigenvalue weighted by molar-refractivity contribution is 5.76. The Morgan fingerprint density at radius 2 is 2.00 bits per heavy atom. The number of hydrogen-bond donors (Lipinski definition) is 1. The molecular weight excluding hydrogens is 301 g/mol. The first-order valence-electron chi connectivity index (χ1n) is 7.25. The average molecular weight is 317 g/mol. The van der Waals surface area contributed by atoms with Crippen LogP contribution in [0.15, 0.2) is 42.5 Å². The third-order valence-electron chi connectivity index (χ3n) is 3.35. The Hall–Kier alpha value is -2.76. The zero-order valence-electron chi connectivity index (χ0n) is 12.4. The van der Waals surface area contributed by atoms with Crippen LogP contribution in [0.2, 0.25) is 0 Å². The molecule has 0 saturated carbocycles. The predicted molar refractivity (Wildman–Crippen MR) is 80.9 cm³/mol. The molecule has 0 aromatic heterocycles. The molecule has 0 spiro atoms. The minimum atomic E-state index is -0.437. The Balaban J connectivity index is 1.42. The summed E-state index contributed by atoms with van der Waals surface area (Å²) in [5.74, 6) is 0.932. The van der Waals surface area contributed by atoms with Crippen molar-refractivity contribution in [2.45, 2.75) is 13.0 Å². The van der Waals surface area contributed by atoms with Crippen molar-refractivity contribution in [1.29, 1.82) is 0 Å². The van der Waals surface area contributed by atoms with E-state index in [0.717, 1.165) is 5.56 Å². The number of nitrogens with one attached hydrogen (secondary N) is 1. The summed E-state index contributed by atoms with van der Waals surface area (Å²) in [5, 5.41) is 2.78. The van der Waals surface area contributed by atoms with E-state index in [4.69, 9.17) is 14.2 Å². The maximum absolute atomic E-state index is 13.3. The number of carbonyl (C=O) groups excluding carboxylic acids is 1. The Morgan fingerprint density at radius 1 is 1.17 bits per heavy atom. The highest BCUT2D eigenvalue weighted by atomic mass is 19.1. The van der Waals surface area contributed by atoms with Crippen molar-refractivity contribution in [1.82, 2.24) is 5.32 Å². The summed E-state index contributed by atoms with van der Waals surface area (Å²) < 4.78 is 29.1. The van der Waals surface area contributed by atoms with Crippen LogP contribution in [-0.4, -0.2) is 19.3 Å². The van der Waals surface area contributed by atoms with Crippen molar-refractivity contribution in [3.8, 4) is 17.2 Å². The second-order valence-corrected chi connectivity index (χ2v) is 4.99. The number of hydrogen-bond acceptors (Lipinski definition) is 4. The van der Waals surface area contributed by atoms with E-state index < -0.39 is 5.82 Å². The molecule has 1 aliphatic rings. The molecule has 2 aromatic carbocycles. The third kappa shape index (κ3) is 3.91. The van der Waals surface area contributed by atoms with Gasteiger partial charge in [0.1, 0.15) is 0 Å². The van der Waals surface area contributed by atoms with Crippen LogP contribution in [0.1, 0.15) is 12.0 Å². The lowest BCUT2D eigenvalue weighted by atomic mass is 10.2. The van der Waals surface area contributed by atoms with E-state index in [-0.39, 0.29) is 31.5 Å². The molecule has 0 radical (unpaired) electrons. The number of halogens is 1. The molecule has 23 heavy (non-hydrogen) atoms. The van der Waals surface area contributed by atoms with Gasteiger partial charge in [-0.3, -0.25) is 4.79 Å². The Kier molecular flexibility index (Phi) is 4.61. The molecule has 0 aliphatic carbocycles. The topological polar surface area (TPSA) is 56.8 Å². The van der Waals surface area contributed by atoms with Crippen molar-refractivity contribution >= 4 is 5.91 Å². The van der Waals surface area contributed by atoms with E-state index in [2.05, 4.69) is 5.32 Å². The number of ether oxygens (including phenoxy) is 3. The van der Waals surface area contributed by atoms with E-state index >= 15 is 0 Å². The first-order chi connectivity index (χ1) is 11.2. The SMILES string of the molecule is O=C(CCOc1ccccc1F)NCc1ccc2c(c1)OCO2. The van der Waals surface area contributed by atoms with Gasteiger partial charge in [0, 0.05) is 6.54 Å². The van der Waals surface area contributed by atoms with Crippen molar-refractivity contribution < 1.29 is 23.4 Å². The lowest BCUT2D eigenvalue weighted by molar-refractivity contribution is -0.121. The van der Waals surface area contributed by atoms with Crippen molar-refractivity contribution in [2.75, 3.05) is 13.4 Å². The van der Waals surface area contributed by atoms with Crippen LogP contribution < -0.4 is 19.5 Å². The van der Waals surface area contributed by atoms with Crippen LogP contribution >= 0.6 is 0 Å². The van der Waals surface area contributed by atoms with E-state index in [1.165, 1.54) is 12.1 Å². The fourth-order valence-corrected chi connectivity index (χ4v) is 2.16. The molecular formula is C17H16FNO4. The van der Waals surface area contributed by atoms with E-state index in [1.807, 2.05) is 18.2 Å². The van der Waals surface area contributed by atoms with Gasteiger partial charge in [0.25, 0.3) is 0 Å². The third-order valence-corrected chi connectivity index (χ3v) is 3.35. The predicted octanol–water partition coefficient (Wildman–Crippen LogP) is 2.64. The fourth-order valence-electron chi connectivity index (χ4n) is 2.16. The quantitative estimate of drug-likeness (QED) is 0.890. The molecule has 0 unspecified atom stereocenters. The largest absolute Gasteiger partial charge is 0.490 e. The highest BCUT2D eigenvalue weighted by Crippen LogP contribution is 2.32. The fraction of sp³-hybridized carbons (Fsp3) is 0.235. The Bertz CT molecular complexity index is 705. The first-order valence-corrected chi connectivity index (χ1v) is 7.25. The molecule has 120 valence electrons. The molecule has 0 atom stereocenters. The van der Waals surface area contributed by atoms with Gasteiger partial charge in [-0.2, -0.15) is 0 Å². The van der Waals surface area contributed by atoms with E-state index in [1.54, 1.807) is 12.1 Å². The van der Waals surface area contributed by atoms with Gasteiger partial charge in [-0.15, -0.1) is 0 Å². The summed E-state index contributed by atoms with van der Waals surface area (Å²) in [5.41, 5.74) is 0.914. The van der Waals surface area contributed by atoms with Crippen LogP contribution in [0.3, 0.4) is 0 Å². The van der Waals surface area contributed by atoms with Gasteiger partial charge in [-0.25, -0.2) is 4.39 Å². The summed E-state index contributed by atoms with van der Waals surface area (Å²) in [6, 6.07) is 11.6. The molecule has 0 saturated heterocycles. The van der Waals surface area contributed by atoms with Crippen LogP contribution in [-0.2, 0) is 11.3 Å². The second-order valence-electron chi connectivity index (χ2n) is 4.99. The average Bonchev–Trinajstić information content (AvgIpc) is 3.02. The van der Waals surface area contributed by atoms with Gasteiger partial charge in [0.15, 0.2) is 23.1 Å². The van der Waals surface area contributed by atoms with Gasteiger partial charge in [-0.1, -0.05) is 18.2 Å². The minimum absolute atomic E-state index is 0.119. The number of rotatable bonds is 6. The molecule has 3 rings (SSSR count). The number of benzene rings is 2. The van der Waals surface area contributed by atoms with Gasteiger partial charge in [0.2, 0.25) is 12.7 Å². The van der Waals surface area contributed by atoms with Crippen LogP contribution in [0, 0.1) is 5.82 Å². The van der Waals surface area contributed by atoms with Crippen LogP contribution in [0.4, 0.5) is 4.39 Å². The van der Waals surface area contributed by atoms with Crippen molar-refractivity contribution in [2.24, 2.45) is 0 Å². The Morgan fingerprint density at radius 3 is 2.87 bits per heavy atom. The number of para-hydroxylation sites is 1. The van der Waals surface area contributed by atoms with Crippen LogP contribution in [0.25, 0.3) is 0 Å². The first kappa shape index (κ1) is 15.1. The van der Waals surface area contributed by atoms with E-state index in [9.17, 15) is 9.18 Å². The monoisotopic (exact) mass is 317 g/mol. The molecule has 1 amide bonds. The molecule has 1 N–H and O–H groups in total. The highest BCUT2D eigenvalue weighted by Gasteiger charge is 2.13. The van der Waals surface area contributed by atoms with Crippen molar-refractivity contribution in [3.63, 3.8) is 0 Å². The number of fused-ring (bicyclic) bond motifs is 1. The molecule has 1 heterocycles. The summed E-state index contributed by atoms with van der Waals surface area (Å²) in [6.45, 7) is 0.724. The molecule has 0 bridgehead atoms. The zero-order chi connectivity index (χ0) is 16.1. The molecule has 0 fully saturated rings. The van der Waals surface area contributed by atoms with Gasteiger partial charge < -0.3 is 19.5 Å². The Labute approximate surface area is 133 Å². The van der Waals surface area contributed by atoms with Gasteiger partial charge in [0.05, 0.1) is 13.0 Å². The summed E-state index contributed by atoms with van der Waals surface area (Å²) in [6.07, 6.45) is 0.152. The molecule has 1 aliphatic heterocycles.